The predicted molar refractivity (Wildman–Crippen MR) is 106 cm³/mol. The van der Waals surface area contributed by atoms with Crippen molar-refractivity contribution in [3.63, 3.8) is 0 Å². The zero-order chi connectivity index (χ0) is 19.2. The molecule has 2 N–H and O–H groups in total. The summed E-state index contributed by atoms with van der Waals surface area (Å²) in [5, 5.41) is 9.73. The zero-order valence-electron chi connectivity index (χ0n) is 15.8. The van der Waals surface area contributed by atoms with Crippen molar-refractivity contribution in [3.8, 4) is 11.4 Å². The zero-order valence-corrected chi connectivity index (χ0v) is 15.8. The van der Waals surface area contributed by atoms with Crippen molar-refractivity contribution >= 4 is 11.7 Å². The van der Waals surface area contributed by atoms with Gasteiger partial charge in [0.1, 0.15) is 0 Å². The Hall–Kier alpha value is -3.15. The molecule has 0 radical (unpaired) electrons. The number of rotatable bonds is 6. The van der Waals surface area contributed by atoms with Gasteiger partial charge in [-0.3, -0.25) is 0 Å². The topological polar surface area (TPSA) is 80.0 Å². The maximum atomic E-state index is 11.9. The number of carbonyl (C=O) groups excluding carboxylic acids is 1. The van der Waals surface area contributed by atoms with Crippen molar-refractivity contribution in [1.29, 1.82) is 0 Å². The number of amides is 2. The molecule has 0 saturated carbocycles. The summed E-state index contributed by atoms with van der Waals surface area (Å²) in [6, 6.07) is 15.5. The Labute approximate surface area is 159 Å². The van der Waals surface area contributed by atoms with Crippen molar-refractivity contribution in [2.45, 2.75) is 39.7 Å². The number of aryl methyl sites for hydroxylation is 1. The quantitative estimate of drug-likeness (QED) is 0.672. The van der Waals surface area contributed by atoms with E-state index in [-0.39, 0.29) is 12.1 Å². The first-order chi connectivity index (χ1) is 13.0. The molecule has 27 heavy (non-hydrogen) atoms. The van der Waals surface area contributed by atoms with Gasteiger partial charge in [0.15, 0.2) is 0 Å². The molecule has 1 aromatic heterocycles. The molecule has 1 atom stereocenters. The molecule has 3 rings (SSSR count). The Balaban J connectivity index is 1.63. The largest absolute Gasteiger partial charge is 0.339 e. The molecule has 3 aromatic rings. The fraction of sp³-hybridized carbons (Fsp3) is 0.286. The number of benzene rings is 2. The fourth-order valence-electron chi connectivity index (χ4n) is 2.52. The lowest BCUT2D eigenvalue weighted by Crippen LogP contribution is -2.35. The molecule has 0 aliphatic rings. The minimum absolute atomic E-state index is 0.135. The SMILES string of the molecule is CC[C@H](C)NC(=O)Nc1ccc(-c2noc(Cc3ccc(C)cc3)n2)cc1. The summed E-state index contributed by atoms with van der Waals surface area (Å²) in [6.45, 7) is 6.05. The van der Waals surface area contributed by atoms with Gasteiger partial charge in [0, 0.05) is 17.3 Å². The van der Waals surface area contributed by atoms with E-state index in [0.29, 0.717) is 23.8 Å². The van der Waals surface area contributed by atoms with Crippen molar-refractivity contribution in [3.05, 3.63) is 65.5 Å². The van der Waals surface area contributed by atoms with Gasteiger partial charge in [-0.1, -0.05) is 41.9 Å². The molecule has 0 aliphatic carbocycles. The summed E-state index contributed by atoms with van der Waals surface area (Å²) in [6.07, 6.45) is 1.48. The molecule has 0 fully saturated rings. The van der Waals surface area contributed by atoms with Crippen molar-refractivity contribution < 1.29 is 9.32 Å². The van der Waals surface area contributed by atoms with E-state index in [0.717, 1.165) is 17.5 Å². The molecule has 0 spiro atoms. The molecule has 2 aromatic carbocycles. The normalized spacial score (nSPS) is 11.8. The van der Waals surface area contributed by atoms with E-state index in [9.17, 15) is 4.79 Å². The molecule has 6 heteroatoms. The van der Waals surface area contributed by atoms with Gasteiger partial charge in [0.25, 0.3) is 0 Å². The Kier molecular flexibility index (Phi) is 5.86. The third-order valence-corrected chi connectivity index (χ3v) is 4.33. The number of aromatic nitrogens is 2. The van der Waals surface area contributed by atoms with Gasteiger partial charge in [-0.2, -0.15) is 4.98 Å². The van der Waals surface area contributed by atoms with Crippen LogP contribution in [0.2, 0.25) is 0 Å². The van der Waals surface area contributed by atoms with Gasteiger partial charge < -0.3 is 15.2 Å². The predicted octanol–water partition coefficient (Wildman–Crippen LogP) is 4.56. The summed E-state index contributed by atoms with van der Waals surface area (Å²) < 4.78 is 5.36. The van der Waals surface area contributed by atoms with Crippen LogP contribution in [-0.4, -0.2) is 22.2 Å². The van der Waals surface area contributed by atoms with Crippen LogP contribution >= 0.6 is 0 Å². The van der Waals surface area contributed by atoms with E-state index in [1.807, 2.05) is 38.1 Å². The van der Waals surface area contributed by atoms with Crippen LogP contribution in [0.1, 0.15) is 37.3 Å². The van der Waals surface area contributed by atoms with Gasteiger partial charge >= 0.3 is 6.03 Å². The Morgan fingerprint density at radius 3 is 2.48 bits per heavy atom. The first-order valence-corrected chi connectivity index (χ1v) is 9.09. The second-order valence-corrected chi connectivity index (χ2v) is 6.66. The first-order valence-electron chi connectivity index (χ1n) is 9.09. The van der Waals surface area contributed by atoms with Crippen LogP contribution in [0.3, 0.4) is 0 Å². The van der Waals surface area contributed by atoms with Crippen LogP contribution < -0.4 is 10.6 Å². The number of hydrogen-bond acceptors (Lipinski definition) is 4. The monoisotopic (exact) mass is 364 g/mol. The summed E-state index contributed by atoms with van der Waals surface area (Å²) in [7, 11) is 0. The van der Waals surface area contributed by atoms with Crippen molar-refractivity contribution in [2.24, 2.45) is 0 Å². The molecule has 2 amide bonds. The van der Waals surface area contributed by atoms with E-state index >= 15 is 0 Å². The van der Waals surface area contributed by atoms with Crippen molar-refractivity contribution in [2.75, 3.05) is 5.32 Å². The summed E-state index contributed by atoms with van der Waals surface area (Å²) >= 11 is 0. The first kappa shape index (κ1) is 18.6. The van der Waals surface area contributed by atoms with Crippen LogP contribution in [-0.2, 0) is 6.42 Å². The van der Waals surface area contributed by atoms with Gasteiger partial charge in [0.2, 0.25) is 11.7 Å². The minimum atomic E-state index is -0.211. The number of hydrogen-bond donors (Lipinski definition) is 2. The highest BCUT2D eigenvalue weighted by Gasteiger charge is 2.10. The summed E-state index contributed by atoms with van der Waals surface area (Å²) in [5.41, 5.74) is 3.89. The summed E-state index contributed by atoms with van der Waals surface area (Å²) in [4.78, 5) is 16.3. The van der Waals surface area contributed by atoms with Gasteiger partial charge in [-0.25, -0.2) is 4.79 Å². The van der Waals surface area contributed by atoms with Crippen LogP contribution in [0.4, 0.5) is 10.5 Å². The minimum Gasteiger partial charge on any atom is -0.339 e. The number of carbonyl (C=O) groups is 1. The maximum absolute atomic E-state index is 11.9. The lowest BCUT2D eigenvalue weighted by molar-refractivity contribution is 0.249. The molecule has 0 unspecified atom stereocenters. The molecule has 0 bridgehead atoms. The molecular formula is C21H24N4O2. The number of anilines is 1. The lowest BCUT2D eigenvalue weighted by Gasteiger charge is -2.12. The maximum Gasteiger partial charge on any atom is 0.319 e. The molecule has 1 heterocycles. The lowest BCUT2D eigenvalue weighted by atomic mass is 10.1. The highest BCUT2D eigenvalue weighted by atomic mass is 16.5. The van der Waals surface area contributed by atoms with Crippen LogP contribution in [0.5, 0.6) is 0 Å². The molecule has 140 valence electrons. The summed E-state index contributed by atoms with van der Waals surface area (Å²) in [5.74, 6) is 1.11. The Morgan fingerprint density at radius 1 is 1.11 bits per heavy atom. The van der Waals surface area contributed by atoms with Gasteiger partial charge in [-0.15, -0.1) is 0 Å². The van der Waals surface area contributed by atoms with Gasteiger partial charge in [-0.05, 0) is 50.1 Å². The molecule has 0 saturated heterocycles. The molecule has 6 nitrogen and oxygen atoms in total. The van der Waals surface area contributed by atoms with Crippen LogP contribution in [0.15, 0.2) is 53.1 Å². The smallest absolute Gasteiger partial charge is 0.319 e. The van der Waals surface area contributed by atoms with E-state index in [2.05, 4.69) is 52.0 Å². The molecular weight excluding hydrogens is 340 g/mol. The Morgan fingerprint density at radius 2 is 1.81 bits per heavy atom. The fourth-order valence-corrected chi connectivity index (χ4v) is 2.52. The third-order valence-electron chi connectivity index (χ3n) is 4.33. The van der Waals surface area contributed by atoms with Crippen molar-refractivity contribution in [1.82, 2.24) is 15.5 Å². The average Bonchev–Trinajstić information content (AvgIpc) is 3.12. The Bertz CT molecular complexity index is 885. The second-order valence-electron chi connectivity index (χ2n) is 6.66. The third kappa shape index (κ3) is 5.17. The van der Waals surface area contributed by atoms with E-state index in [1.54, 1.807) is 0 Å². The number of nitrogens with zero attached hydrogens (tertiary/aromatic N) is 2. The van der Waals surface area contributed by atoms with Crippen LogP contribution in [0, 0.1) is 6.92 Å². The van der Waals surface area contributed by atoms with E-state index in [1.165, 1.54) is 5.56 Å². The average molecular weight is 364 g/mol. The number of urea groups is 1. The standard InChI is InChI=1S/C21H24N4O2/c1-4-15(3)22-21(26)23-18-11-9-17(10-12-18)20-24-19(27-25-20)13-16-7-5-14(2)6-8-16/h5-12,15H,4,13H2,1-3H3,(H2,22,23,26)/t15-/m0/s1. The van der Waals surface area contributed by atoms with E-state index in [4.69, 9.17) is 4.52 Å². The number of nitrogens with one attached hydrogen (secondary N) is 2. The highest BCUT2D eigenvalue weighted by molar-refractivity contribution is 5.89. The van der Waals surface area contributed by atoms with E-state index < -0.39 is 0 Å². The molecule has 0 aliphatic heterocycles. The van der Waals surface area contributed by atoms with Gasteiger partial charge in [0.05, 0.1) is 6.42 Å². The highest BCUT2D eigenvalue weighted by Crippen LogP contribution is 2.20. The second kappa shape index (κ2) is 8.49. The van der Waals surface area contributed by atoms with Crippen LogP contribution in [0.25, 0.3) is 11.4 Å².